The SMILES string of the molecule is CC(C)(C)c1ccc(C2NCCc3cc(O)c(O)cc32)cc1. The van der Waals surface area contributed by atoms with Gasteiger partial charge in [0.2, 0.25) is 0 Å². The monoisotopic (exact) mass is 297 g/mol. The summed E-state index contributed by atoms with van der Waals surface area (Å²) in [6.45, 7) is 7.48. The molecule has 1 unspecified atom stereocenters. The molecule has 3 nitrogen and oxygen atoms in total. The van der Waals surface area contributed by atoms with Crippen molar-refractivity contribution >= 4 is 0 Å². The first kappa shape index (κ1) is 14.9. The fourth-order valence-electron chi connectivity index (χ4n) is 3.06. The van der Waals surface area contributed by atoms with Gasteiger partial charge in [-0.25, -0.2) is 0 Å². The summed E-state index contributed by atoms with van der Waals surface area (Å²) in [5, 5.41) is 23.0. The highest BCUT2D eigenvalue weighted by Gasteiger charge is 2.23. The molecule has 1 atom stereocenters. The number of fused-ring (bicyclic) bond motifs is 1. The van der Waals surface area contributed by atoms with Gasteiger partial charge >= 0.3 is 0 Å². The van der Waals surface area contributed by atoms with Crippen LogP contribution in [0.1, 0.15) is 49.1 Å². The molecule has 3 rings (SSSR count). The Bertz CT molecular complexity index is 684. The maximum atomic E-state index is 9.81. The summed E-state index contributed by atoms with van der Waals surface area (Å²) in [5.74, 6) is -0.0961. The summed E-state index contributed by atoms with van der Waals surface area (Å²) in [5.41, 5.74) is 4.77. The van der Waals surface area contributed by atoms with Crippen molar-refractivity contribution in [2.45, 2.75) is 38.6 Å². The Morgan fingerprint density at radius 2 is 1.64 bits per heavy atom. The van der Waals surface area contributed by atoms with E-state index in [1.54, 1.807) is 12.1 Å². The summed E-state index contributed by atoms with van der Waals surface area (Å²) in [4.78, 5) is 0. The average Bonchev–Trinajstić information content (AvgIpc) is 2.47. The molecule has 116 valence electrons. The normalized spacial score (nSPS) is 18.0. The molecular formula is C19H23NO2. The van der Waals surface area contributed by atoms with E-state index >= 15 is 0 Å². The first-order valence-electron chi connectivity index (χ1n) is 7.75. The highest BCUT2D eigenvalue weighted by Crippen LogP contribution is 2.36. The topological polar surface area (TPSA) is 52.5 Å². The molecule has 22 heavy (non-hydrogen) atoms. The molecule has 1 aliphatic rings. The van der Waals surface area contributed by atoms with Gasteiger partial charge in [0.15, 0.2) is 11.5 Å². The lowest BCUT2D eigenvalue weighted by molar-refractivity contribution is 0.400. The van der Waals surface area contributed by atoms with Crippen LogP contribution in [0.5, 0.6) is 11.5 Å². The van der Waals surface area contributed by atoms with Crippen LogP contribution in [0, 0.1) is 0 Å². The van der Waals surface area contributed by atoms with Crippen LogP contribution in [0.2, 0.25) is 0 Å². The van der Waals surface area contributed by atoms with Gasteiger partial charge in [0, 0.05) is 6.54 Å². The number of hydrogen-bond acceptors (Lipinski definition) is 3. The molecule has 1 aliphatic heterocycles. The molecule has 0 amide bonds. The third kappa shape index (κ3) is 2.69. The predicted octanol–water partition coefficient (Wildman–Crippen LogP) is 3.63. The minimum absolute atomic E-state index is 0.0394. The number of nitrogens with one attached hydrogen (secondary N) is 1. The summed E-state index contributed by atoms with van der Waals surface area (Å²) in [6, 6.07) is 12.1. The molecule has 0 saturated heterocycles. The molecule has 0 bridgehead atoms. The zero-order valence-electron chi connectivity index (χ0n) is 13.4. The molecule has 0 radical (unpaired) electrons. The Morgan fingerprint density at radius 3 is 2.27 bits per heavy atom. The van der Waals surface area contributed by atoms with Crippen LogP contribution in [-0.2, 0) is 11.8 Å². The number of aromatic hydroxyl groups is 2. The van der Waals surface area contributed by atoms with E-state index in [2.05, 4.69) is 50.4 Å². The second-order valence-corrected chi connectivity index (χ2v) is 7.05. The van der Waals surface area contributed by atoms with E-state index in [4.69, 9.17) is 0 Å². The first-order valence-corrected chi connectivity index (χ1v) is 7.75. The molecule has 0 fully saturated rings. The van der Waals surface area contributed by atoms with Crippen molar-refractivity contribution in [3.63, 3.8) is 0 Å². The lowest BCUT2D eigenvalue weighted by Gasteiger charge is -2.28. The van der Waals surface area contributed by atoms with E-state index in [0.717, 1.165) is 24.1 Å². The van der Waals surface area contributed by atoms with Gasteiger partial charge in [-0.05, 0) is 46.2 Å². The van der Waals surface area contributed by atoms with Crippen molar-refractivity contribution in [1.29, 1.82) is 0 Å². The van der Waals surface area contributed by atoms with Crippen molar-refractivity contribution in [3.8, 4) is 11.5 Å². The van der Waals surface area contributed by atoms with Crippen molar-refractivity contribution in [2.24, 2.45) is 0 Å². The van der Waals surface area contributed by atoms with Gasteiger partial charge in [0.05, 0.1) is 6.04 Å². The third-order valence-corrected chi connectivity index (χ3v) is 4.40. The largest absolute Gasteiger partial charge is 0.504 e. The van der Waals surface area contributed by atoms with Crippen LogP contribution >= 0.6 is 0 Å². The molecule has 0 aromatic heterocycles. The van der Waals surface area contributed by atoms with Crippen molar-refractivity contribution < 1.29 is 10.2 Å². The molecule has 3 heteroatoms. The zero-order valence-corrected chi connectivity index (χ0v) is 13.4. The van der Waals surface area contributed by atoms with Crippen molar-refractivity contribution in [2.75, 3.05) is 6.54 Å². The average molecular weight is 297 g/mol. The summed E-state index contributed by atoms with van der Waals surface area (Å²) in [6.07, 6.45) is 0.861. The second kappa shape index (κ2) is 5.33. The Kier molecular flexibility index (Phi) is 3.61. The Balaban J connectivity index is 1.99. The maximum Gasteiger partial charge on any atom is 0.157 e. The molecule has 0 spiro atoms. The molecule has 2 aromatic rings. The van der Waals surface area contributed by atoms with Crippen LogP contribution in [0.25, 0.3) is 0 Å². The number of phenols is 2. The van der Waals surface area contributed by atoms with Crippen LogP contribution in [0.3, 0.4) is 0 Å². The van der Waals surface area contributed by atoms with E-state index in [1.165, 1.54) is 11.1 Å². The van der Waals surface area contributed by atoms with Gasteiger partial charge in [0.25, 0.3) is 0 Å². The molecular weight excluding hydrogens is 274 g/mol. The second-order valence-electron chi connectivity index (χ2n) is 7.05. The molecule has 0 saturated carbocycles. The Hall–Kier alpha value is -2.00. The number of rotatable bonds is 1. The van der Waals surface area contributed by atoms with E-state index in [1.807, 2.05) is 0 Å². The highest BCUT2D eigenvalue weighted by molar-refractivity contribution is 5.50. The molecule has 2 aromatic carbocycles. The first-order chi connectivity index (χ1) is 10.4. The minimum Gasteiger partial charge on any atom is -0.504 e. The Labute approximate surface area is 131 Å². The number of phenolic OH excluding ortho intramolecular Hbond substituents is 2. The van der Waals surface area contributed by atoms with Crippen LogP contribution in [0.4, 0.5) is 0 Å². The van der Waals surface area contributed by atoms with Gasteiger partial charge in [-0.3, -0.25) is 0 Å². The number of benzene rings is 2. The third-order valence-electron chi connectivity index (χ3n) is 4.40. The standard InChI is InChI=1S/C19H23NO2/c1-19(2,3)14-6-4-12(5-7-14)18-15-11-17(22)16(21)10-13(15)8-9-20-18/h4-7,10-11,18,20-22H,8-9H2,1-3H3. The fourth-order valence-corrected chi connectivity index (χ4v) is 3.06. The molecule has 0 aliphatic carbocycles. The van der Waals surface area contributed by atoms with Crippen LogP contribution in [-0.4, -0.2) is 16.8 Å². The minimum atomic E-state index is -0.0567. The van der Waals surface area contributed by atoms with Crippen molar-refractivity contribution in [1.82, 2.24) is 5.32 Å². The van der Waals surface area contributed by atoms with Gasteiger partial charge in [-0.1, -0.05) is 45.0 Å². The fraction of sp³-hybridized carbons (Fsp3) is 0.368. The van der Waals surface area contributed by atoms with Gasteiger partial charge in [0.1, 0.15) is 0 Å². The van der Waals surface area contributed by atoms with Gasteiger partial charge in [-0.15, -0.1) is 0 Å². The smallest absolute Gasteiger partial charge is 0.157 e. The lowest BCUT2D eigenvalue weighted by atomic mass is 9.84. The van der Waals surface area contributed by atoms with Crippen molar-refractivity contribution in [3.05, 3.63) is 58.7 Å². The number of hydrogen-bond donors (Lipinski definition) is 3. The summed E-state index contributed by atoms with van der Waals surface area (Å²) >= 11 is 0. The summed E-state index contributed by atoms with van der Waals surface area (Å²) < 4.78 is 0. The summed E-state index contributed by atoms with van der Waals surface area (Å²) in [7, 11) is 0. The van der Waals surface area contributed by atoms with E-state index in [0.29, 0.717) is 0 Å². The van der Waals surface area contributed by atoms with Gasteiger partial charge < -0.3 is 15.5 Å². The molecule has 1 heterocycles. The maximum absolute atomic E-state index is 9.81. The predicted molar refractivity (Wildman–Crippen MR) is 88.5 cm³/mol. The lowest BCUT2D eigenvalue weighted by Crippen LogP contribution is -2.30. The van der Waals surface area contributed by atoms with E-state index in [-0.39, 0.29) is 23.0 Å². The van der Waals surface area contributed by atoms with Gasteiger partial charge in [-0.2, -0.15) is 0 Å². The zero-order chi connectivity index (χ0) is 15.9. The van der Waals surface area contributed by atoms with Crippen LogP contribution < -0.4 is 5.32 Å². The highest BCUT2D eigenvalue weighted by atomic mass is 16.3. The Morgan fingerprint density at radius 1 is 1.00 bits per heavy atom. The quantitative estimate of drug-likeness (QED) is 0.705. The van der Waals surface area contributed by atoms with E-state index in [9.17, 15) is 10.2 Å². The molecule has 3 N–H and O–H groups in total. The van der Waals surface area contributed by atoms with E-state index < -0.39 is 0 Å². The van der Waals surface area contributed by atoms with Crippen LogP contribution in [0.15, 0.2) is 36.4 Å².